The highest BCUT2D eigenvalue weighted by Gasteiger charge is 2.41. The van der Waals surface area contributed by atoms with Gasteiger partial charge in [-0.05, 0) is 30.3 Å². The monoisotopic (exact) mass is 414 g/mol. The highest BCUT2D eigenvalue weighted by Crippen LogP contribution is 2.39. The Morgan fingerprint density at radius 2 is 1.61 bits per heavy atom. The maximum Gasteiger partial charge on any atom is 0.282 e. The lowest BCUT2D eigenvalue weighted by molar-refractivity contribution is -0.120. The molecule has 2 aliphatic rings. The van der Waals surface area contributed by atoms with Crippen LogP contribution in [-0.2, 0) is 9.59 Å². The van der Waals surface area contributed by atoms with E-state index in [0.717, 1.165) is 4.90 Å². The molecule has 0 fully saturated rings. The zero-order valence-corrected chi connectivity index (χ0v) is 16.6. The van der Waals surface area contributed by atoms with Crippen LogP contribution in [0.4, 0.5) is 11.4 Å². The zero-order valence-electron chi connectivity index (χ0n) is 16.6. The number of amides is 2. The van der Waals surface area contributed by atoms with Gasteiger partial charge in [0.05, 0.1) is 18.4 Å². The van der Waals surface area contributed by atoms with E-state index in [0.29, 0.717) is 34.2 Å². The number of carbonyl (C=O) groups excluding carboxylic acids is 2. The van der Waals surface area contributed by atoms with Gasteiger partial charge in [-0.1, -0.05) is 36.4 Å². The van der Waals surface area contributed by atoms with Crippen LogP contribution in [0.3, 0.4) is 0 Å². The van der Waals surface area contributed by atoms with Gasteiger partial charge in [0.2, 0.25) is 6.79 Å². The van der Waals surface area contributed by atoms with Crippen molar-refractivity contribution in [2.75, 3.05) is 24.1 Å². The molecule has 7 nitrogen and oxygen atoms in total. The van der Waals surface area contributed by atoms with Crippen LogP contribution < -0.4 is 24.4 Å². The molecule has 3 aromatic carbocycles. The van der Waals surface area contributed by atoms with E-state index in [1.54, 1.807) is 60.7 Å². The van der Waals surface area contributed by atoms with Gasteiger partial charge in [-0.2, -0.15) is 0 Å². The quantitative estimate of drug-likeness (QED) is 0.640. The third kappa shape index (κ3) is 3.16. The fourth-order valence-corrected chi connectivity index (χ4v) is 3.68. The number of methoxy groups -OCH3 is 1. The fraction of sp³-hybridized carbons (Fsp3) is 0.0833. The Morgan fingerprint density at radius 3 is 2.42 bits per heavy atom. The summed E-state index contributed by atoms with van der Waals surface area (Å²) in [6, 6.07) is 21.2. The second kappa shape index (κ2) is 7.53. The van der Waals surface area contributed by atoms with Crippen LogP contribution in [0.5, 0.6) is 17.2 Å². The number of hydrogen-bond acceptors (Lipinski definition) is 6. The molecule has 2 aliphatic heterocycles. The van der Waals surface area contributed by atoms with E-state index in [1.165, 1.54) is 7.11 Å². The Hall–Kier alpha value is -4.26. The number of nitrogens with zero attached hydrogens (tertiary/aromatic N) is 1. The van der Waals surface area contributed by atoms with Crippen LogP contribution >= 0.6 is 0 Å². The number of nitrogens with one attached hydrogen (secondary N) is 1. The molecule has 0 radical (unpaired) electrons. The zero-order chi connectivity index (χ0) is 21.4. The number of benzene rings is 3. The molecule has 0 spiro atoms. The van der Waals surface area contributed by atoms with Crippen LogP contribution in [0.1, 0.15) is 5.56 Å². The molecule has 5 rings (SSSR count). The van der Waals surface area contributed by atoms with Gasteiger partial charge >= 0.3 is 0 Å². The standard InChI is InChI=1S/C24H18N2O5/c1-29-18-10-6-5-9-17(18)21-22(25-15-11-12-19-20(13-15)31-14-30-19)24(28)26(23(21)27)16-7-3-2-4-8-16/h2-13,25H,14H2,1H3. The lowest BCUT2D eigenvalue weighted by Crippen LogP contribution is -2.32. The average molecular weight is 414 g/mol. The third-order valence-corrected chi connectivity index (χ3v) is 5.12. The van der Waals surface area contributed by atoms with Gasteiger partial charge in [-0.3, -0.25) is 9.59 Å². The van der Waals surface area contributed by atoms with Crippen molar-refractivity contribution in [3.8, 4) is 17.2 Å². The van der Waals surface area contributed by atoms with Crippen molar-refractivity contribution in [1.29, 1.82) is 0 Å². The van der Waals surface area contributed by atoms with E-state index in [4.69, 9.17) is 14.2 Å². The van der Waals surface area contributed by atoms with Crippen LogP contribution in [0.2, 0.25) is 0 Å². The Kier molecular flexibility index (Phi) is 4.55. The molecule has 7 heteroatoms. The summed E-state index contributed by atoms with van der Waals surface area (Å²) in [6.07, 6.45) is 0. The molecule has 0 bridgehead atoms. The third-order valence-electron chi connectivity index (χ3n) is 5.12. The summed E-state index contributed by atoms with van der Waals surface area (Å²) < 4.78 is 16.2. The van der Waals surface area contributed by atoms with Crippen LogP contribution in [0, 0.1) is 0 Å². The van der Waals surface area contributed by atoms with Crippen molar-refractivity contribution in [3.05, 3.63) is 84.1 Å². The first-order chi connectivity index (χ1) is 15.2. The summed E-state index contributed by atoms with van der Waals surface area (Å²) in [4.78, 5) is 28.1. The summed E-state index contributed by atoms with van der Waals surface area (Å²) >= 11 is 0. The molecule has 0 saturated heterocycles. The van der Waals surface area contributed by atoms with E-state index in [2.05, 4.69) is 5.32 Å². The topological polar surface area (TPSA) is 77.1 Å². The minimum Gasteiger partial charge on any atom is -0.496 e. The Balaban J connectivity index is 1.63. The molecule has 0 saturated carbocycles. The highest BCUT2D eigenvalue weighted by atomic mass is 16.7. The predicted molar refractivity (Wildman–Crippen MR) is 115 cm³/mol. The summed E-state index contributed by atoms with van der Waals surface area (Å²) in [7, 11) is 1.53. The maximum atomic E-state index is 13.5. The molecule has 0 aliphatic carbocycles. The van der Waals surface area contributed by atoms with Crippen molar-refractivity contribution in [2.24, 2.45) is 0 Å². The molecule has 2 heterocycles. The predicted octanol–water partition coefficient (Wildman–Crippen LogP) is 3.82. The molecule has 0 unspecified atom stereocenters. The largest absolute Gasteiger partial charge is 0.496 e. The Labute approximate surface area is 178 Å². The molecular formula is C24H18N2O5. The van der Waals surface area contributed by atoms with Crippen molar-refractivity contribution < 1.29 is 23.8 Å². The van der Waals surface area contributed by atoms with Gasteiger partial charge in [0, 0.05) is 17.3 Å². The van der Waals surface area contributed by atoms with Crippen molar-refractivity contribution in [3.63, 3.8) is 0 Å². The highest BCUT2D eigenvalue weighted by molar-refractivity contribution is 6.46. The average Bonchev–Trinajstić information content (AvgIpc) is 3.36. The summed E-state index contributed by atoms with van der Waals surface area (Å²) in [5, 5.41) is 3.13. The van der Waals surface area contributed by atoms with E-state index in [1.807, 2.05) is 12.1 Å². The normalized spacial score (nSPS) is 14.9. The second-order valence-corrected chi connectivity index (χ2v) is 6.92. The van der Waals surface area contributed by atoms with Gasteiger partial charge < -0.3 is 19.5 Å². The first-order valence-electron chi connectivity index (χ1n) is 9.65. The molecule has 0 aromatic heterocycles. The van der Waals surface area contributed by atoms with E-state index >= 15 is 0 Å². The van der Waals surface area contributed by atoms with Gasteiger partial charge in [0.1, 0.15) is 11.4 Å². The van der Waals surface area contributed by atoms with Crippen molar-refractivity contribution >= 4 is 28.8 Å². The summed E-state index contributed by atoms with van der Waals surface area (Å²) in [5.41, 5.74) is 2.03. The molecule has 3 aromatic rings. The summed E-state index contributed by atoms with van der Waals surface area (Å²) in [6.45, 7) is 0.146. The van der Waals surface area contributed by atoms with Gasteiger partial charge in [-0.25, -0.2) is 4.90 Å². The molecule has 0 atom stereocenters. The molecule has 31 heavy (non-hydrogen) atoms. The number of rotatable bonds is 5. The number of imide groups is 1. The number of ether oxygens (including phenoxy) is 3. The molecule has 154 valence electrons. The van der Waals surface area contributed by atoms with Crippen LogP contribution in [0.15, 0.2) is 78.5 Å². The van der Waals surface area contributed by atoms with Gasteiger partial charge in [0.25, 0.3) is 11.8 Å². The SMILES string of the molecule is COc1ccccc1C1=C(Nc2ccc3c(c2)OCO3)C(=O)N(c2ccccc2)C1=O. The molecule has 1 N–H and O–H groups in total. The number of fused-ring (bicyclic) bond motifs is 1. The van der Waals surface area contributed by atoms with Crippen LogP contribution in [0.25, 0.3) is 5.57 Å². The number of anilines is 2. The Morgan fingerprint density at radius 1 is 0.871 bits per heavy atom. The lowest BCUT2D eigenvalue weighted by atomic mass is 10.0. The second-order valence-electron chi connectivity index (χ2n) is 6.92. The number of carbonyl (C=O) groups is 2. The van der Waals surface area contributed by atoms with Crippen LogP contribution in [-0.4, -0.2) is 25.7 Å². The number of hydrogen-bond donors (Lipinski definition) is 1. The van der Waals surface area contributed by atoms with E-state index in [-0.39, 0.29) is 18.1 Å². The number of para-hydroxylation sites is 2. The van der Waals surface area contributed by atoms with Gasteiger partial charge in [0.15, 0.2) is 11.5 Å². The first kappa shape index (κ1) is 18.7. The van der Waals surface area contributed by atoms with Crippen molar-refractivity contribution in [1.82, 2.24) is 0 Å². The lowest BCUT2D eigenvalue weighted by Gasteiger charge is -2.15. The smallest absolute Gasteiger partial charge is 0.282 e. The minimum atomic E-state index is -0.449. The summed E-state index contributed by atoms with van der Waals surface area (Å²) in [5.74, 6) is 0.822. The van der Waals surface area contributed by atoms with E-state index < -0.39 is 11.8 Å². The minimum absolute atomic E-state index is 0.146. The van der Waals surface area contributed by atoms with Crippen molar-refractivity contribution in [2.45, 2.75) is 0 Å². The molecule has 2 amide bonds. The Bertz CT molecular complexity index is 1220. The first-order valence-corrected chi connectivity index (χ1v) is 9.65. The maximum absolute atomic E-state index is 13.5. The molecular weight excluding hydrogens is 396 g/mol. The fourth-order valence-electron chi connectivity index (χ4n) is 3.68. The van der Waals surface area contributed by atoms with E-state index in [9.17, 15) is 9.59 Å². The van der Waals surface area contributed by atoms with Gasteiger partial charge in [-0.15, -0.1) is 0 Å².